The minimum atomic E-state index is -4.02. The van der Waals surface area contributed by atoms with Crippen molar-refractivity contribution < 1.29 is 28.5 Å². The molecular formula is C20H17NO6S. The molecule has 0 saturated heterocycles. The average molecular weight is 399 g/mol. The van der Waals surface area contributed by atoms with E-state index in [-0.39, 0.29) is 27.5 Å². The van der Waals surface area contributed by atoms with Crippen molar-refractivity contribution in [2.45, 2.75) is 11.8 Å². The molecule has 3 rings (SSSR count). The molecule has 0 fully saturated rings. The number of sulfonamides is 1. The Labute approximate surface area is 161 Å². The van der Waals surface area contributed by atoms with Gasteiger partial charge in [0.1, 0.15) is 17.1 Å². The van der Waals surface area contributed by atoms with Gasteiger partial charge in [-0.1, -0.05) is 30.3 Å². The van der Waals surface area contributed by atoms with Gasteiger partial charge in [0.15, 0.2) is 0 Å². The van der Waals surface area contributed by atoms with Crippen molar-refractivity contribution in [3.63, 3.8) is 0 Å². The van der Waals surface area contributed by atoms with Crippen LogP contribution in [0, 0.1) is 6.92 Å². The number of carbonyl (C=O) groups is 1. The summed E-state index contributed by atoms with van der Waals surface area (Å²) in [7, 11) is -4.02. The molecule has 0 aliphatic carbocycles. The Hall–Kier alpha value is -3.52. The van der Waals surface area contributed by atoms with Gasteiger partial charge < -0.3 is 15.3 Å². The largest absolute Gasteiger partial charge is 0.507 e. The van der Waals surface area contributed by atoms with E-state index in [9.17, 15) is 23.4 Å². The van der Waals surface area contributed by atoms with Gasteiger partial charge in [-0.15, -0.1) is 0 Å². The van der Waals surface area contributed by atoms with Crippen LogP contribution in [0.4, 0.5) is 5.69 Å². The van der Waals surface area contributed by atoms with Crippen LogP contribution >= 0.6 is 0 Å². The van der Waals surface area contributed by atoms with Crippen molar-refractivity contribution in [1.29, 1.82) is 0 Å². The van der Waals surface area contributed by atoms with Crippen LogP contribution in [0.3, 0.4) is 0 Å². The first-order chi connectivity index (χ1) is 13.2. The van der Waals surface area contributed by atoms with Gasteiger partial charge in [-0.25, -0.2) is 13.2 Å². The molecule has 0 radical (unpaired) electrons. The Balaban J connectivity index is 1.99. The normalized spacial score (nSPS) is 11.2. The number of carboxylic acids is 1. The van der Waals surface area contributed by atoms with E-state index in [4.69, 9.17) is 5.11 Å². The SMILES string of the molecule is Cc1c(NS(=O)(=O)c2cccc(-c3ccccc3O)c2)ccc(C(=O)O)c1O. The maximum absolute atomic E-state index is 12.8. The summed E-state index contributed by atoms with van der Waals surface area (Å²) in [6, 6.07) is 15.0. The van der Waals surface area contributed by atoms with E-state index < -0.39 is 21.7 Å². The number of hydrogen-bond donors (Lipinski definition) is 4. The average Bonchev–Trinajstić information content (AvgIpc) is 2.65. The van der Waals surface area contributed by atoms with Crippen LogP contribution in [0.2, 0.25) is 0 Å². The van der Waals surface area contributed by atoms with Crippen LogP contribution in [0.25, 0.3) is 11.1 Å². The quantitative estimate of drug-likeness (QED) is 0.520. The lowest BCUT2D eigenvalue weighted by Gasteiger charge is -2.14. The summed E-state index contributed by atoms with van der Waals surface area (Å²) in [5.74, 6) is -1.80. The summed E-state index contributed by atoms with van der Waals surface area (Å²) in [6.07, 6.45) is 0. The van der Waals surface area contributed by atoms with E-state index in [1.807, 2.05) is 0 Å². The molecule has 0 aliphatic rings. The fourth-order valence-corrected chi connectivity index (χ4v) is 3.90. The Morgan fingerprint density at radius 1 is 0.964 bits per heavy atom. The number of nitrogens with one attached hydrogen (secondary N) is 1. The summed E-state index contributed by atoms with van der Waals surface area (Å²) in [5.41, 5.74) is 0.846. The molecule has 0 aliphatic heterocycles. The molecule has 7 nitrogen and oxygen atoms in total. The molecule has 0 heterocycles. The van der Waals surface area contributed by atoms with Crippen molar-refractivity contribution >= 4 is 21.7 Å². The van der Waals surface area contributed by atoms with Crippen molar-refractivity contribution in [2.24, 2.45) is 0 Å². The Bertz CT molecular complexity index is 1170. The van der Waals surface area contributed by atoms with E-state index in [2.05, 4.69) is 4.72 Å². The fourth-order valence-electron chi connectivity index (χ4n) is 2.74. The molecule has 3 aromatic carbocycles. The predicted octanol–water partition coefficient (Wildman–Crippen LogP) is 3.57. The highest BCUT2D eigenvalue weighted by molar-refractivity contribution is 7.92. The number of phenolic OH excluding ortho intramolecular Hbond substituents is 1. The molecule has 28 heavy (non-hydrogen) atoms. The van der Waals surface area contributed by atoms with Crippen LogP contribution in [0.5, 0.6) is 11.5 Å². The number of phenols is 2. The zero-order valence-electron chi connectivity index (χ0n) is 14.7. The second kappa shape index (κ2) is 7.24. The molecular weight excluding hydrogens is 382 g/mol. The second-order valence-corrected chi connectivity index (χ2v) is 7.77. The first kappa shape index (κ1) is 19.2. The molecule has 144 valence electrons. The van der Waals surface area contributed by atoms with Crippen LogP contribution in [-0.2, 0) is 10.0 Å². The van der Waals surface area contributed by atoms with Gasteiger partial charge in [0.2, 0.25) is 0 Å². The van der Waals surface area contributed by atoms with Gasteiger partial charge in [0.25, 0.3) is 10.0 Å². The third-order valence-corrected chi connectivity index (χ3v) is 5.63. The molecule has 8 heteroatoms. The first-order valence-electron chi connectivity index (χ1n) is 8.18. The standard InChI is InChI=1S/C20H17NO6S/c1-12-17(10-9-16(19(12)23)20(24)25)21-28(26,27)14-6-4-5-13(11-14)15-7-2-3-8-18(15)22/h2-11,21-23H,1H3,(H,24,25). The minimum Gasteiger partial charge on any atom is -0.507 e. The summed E-state index contributed by atoms with van der Waals surface area (Å²) in [5, 5.41) is 29.0. The molecule has 0 spiro atoms. The lowest BCUT2D eigenvalue weighted by molar-refractivity contribution is 0.0693. The predicted molar refractivity (Wildman–Crippen MR) is 104 cm³/mol. The fraction of sp³-hybridized carbons (Fsp3) is 0.0500. The maximum atomic E-state index is 12.8. The lowest BCUT2D eigenvalue weighted by Crippen LogP contribution is -2.14. The third kappa shape index (κ3) is 3.63. The molecule has 0 amide bonds. The van der Waals surface area contributed by atoms with E-state index in [1.54, 1.807) is 30.3 Å². The highest BCUT2D eigenvalue weighted by atomic mass is 32.2. The molecule has 0 saturated carbocycles. The summed E-state index contributed by atoms with van der Waals surface area (Å²) < 4.78 is 27.9. The first-order valence-corrected chi connectivity index (χ1v) is 9.66. The zero-order chi connectivity index (χ0) is 20.5. The van der Waals surface area contributed by atoms with Gasteiger partial charge >= 0.3 is 5.97 Å². The zero-order valence-corrected chi connectivity index (χ0v) is 15.6. The molecule has 0 atom stereocenters. The van der Waals surface area contributed by atoms with Crippen LogP contribution in [0.1, 0.15) is 15.9 Å². The number of anilines is 1. The van der Waals surface area contributed by atoms with E-state index in [1.165, 1.54) is 31.2 Å². The topological polar surface area (TPSA) is 124 Å². The van der Waals surface area contributed by atoms with Crippen molar-refractivity contribution in [2.75, 3.05) is 4.72 Å². The molecule has 0 aromatic heterocycles. The molecule has 4 N–H and O–H groups in total. The van der Waals surface area contributed by atoms with Gasteiger partial charge in [-0.3, -0.25) is 4.72 Å². The van der Waals surface area contributed by atoms with Gasteiger partial charge in [0.05, 0.1) is 10.6 Å². The summed E-state index contributed by atoms with van der Waals surface area (Å²) >= 11 is 0. The molecule has 0 unspecified atom stereocenters. The molecule has 3 aromatic rings. The minimum absolute atomic E-state index is 0.0232. The number of benzene rings is 3. The maximum Gasteiger partial charge on any atom is 0.339 e. The van der Waals surface area contributed by atoms with Crippen molar-refractivity contribution in [3.05, 3.63) is 71.8 Å². The number of aromatic hydroxyl groups is 2. The van der Waals surface area contributed by atoms with Crippen LogP contribution in [0.15, 0.2) is 65.6 Å². The van der Waals surface area contributed by atoms with E-state index in [0.717, 1.165) is 6.07 Å². The highest BCUT2D eigenvalue weighted by Crippen LogP contribution is 2.32. The van der Waals surface area contributed by atoms with Crippen molar-refractivity contribution in [3.8, 4) is 22.6 Å². The number of aromatic carboxylic acids is 1. The molecule has 0 bridgehead atoms. The number of hydrogen-bond acceptors (Lipinski definition) is 5. The monoisotopic (exact) mass is 399 g/mol. The van der Waals surface area contributed by atoms with Gasteiger partial charge in [0, 0.05) is 11.1 Å². The highest BCUT2D eigenvalue weighted by Gasteiger charge is 2.20. The lowest BCUT2D eigenvalue weighted by atomic mass is 10.1. The van der Waals surface area contributed by atoms with Crippen molar-refractivity contribution in [1.82, 2.24) is 0 Å². The van der Waals surface area contributed by atoms with Crippen LogP contribution in [-0.4, -0.2) is 29.7 Å². The number of carboxylic acid groups (broad SMARTS) is 1. The van der Waals surface area contributed by atoms with Crippen LogP contribution < -0.4 is 4.72 Å². The smallest absolute Gasteiger partial charge is 0.339 e. The van der Waals surface area contributed by atoms with Gasteiger partial charge in [-0.2, -0.15) is 0 Å². The Kier molecular flexibility index (Phi) is 4.98. The second-order valence-electron chi connectivity index (χ2n) is 6.09. The van der Waals surface area contributed by atoms with E-state index >= 15 is 0 Å². The van der Waals surface area contributed by atoms with Gasteiger partial charge in [-0.05, 0) is 42.8 Å². The third-order valence-electron chi connectivity index (χ3n) is 4.27. The Morgan fingerprint density at radius 2 is 1.68 bits per heavy atom. The van der Waals surface area contributed by atoms with E-state index in [0.29, 0.717) is 11.1 Å². The number of para-hydroxylation sites is 1. The summed E-state index contributed by atoms with van der Waals surface area (Å²) in [6.45, 7) is 1.41. The summed E-state index contributed by atoms with van der Waals surface area (Å²) in [4.78, 5) is 11.0. The Morgan fingerprint density at radius 3 is 2.36 bits per heavy atom. The number of rotatable bonds is 5.